The van der Waals surface area contributed by atoms with Crippen LogP contribution in [0.3, 0.4) is 0 Å². The third-order valence-corrected chi connectivity index (χ3v) is 3.68. The molecule has 1 aromatic rings. The van der Waals surface area contributed by atoms with Crippen LogP contribution in [-0.4, -0.2) is 29.3 Å². The normalized spacial score (nSPS) is 22.6. The number of pyridine rings is 1. The second-order valence-electron chi connectivity index (χ2n) is 5.12. The third-order valence-electron chi connectivity index (χ3n) is 3.68. The van der Waals surface area contributed by atoms with E-state index in [4.69, 9.17) is 5.73 Å². The van der Waals surface area contributed by atoms with Crippen LogP contribution in [0.25, 0.3) is 0 Å². The minimum absolute atomic E-state index is 0.0197. The van der Waals surface area contributed by atoms with Crippen LogP contribution >= 0.6 is 0 Å². The molecule has 18 heavy (non-hydrogen) atoms. The fourth-order valence-corrected chi connectivity index (χ4v) is 2.54. The molecule has 0 amide bonds. The average molecular weight is 249 g/mol. The average Bonchev–Trinajstić information content (AvgIpc) is 2.63. The highest BCUT2D eigenvalue weighted by Gasteiger charge is 2.21. The monoisotopic (exact) mass is 249 g/mol. The van der Waals surface area contributed by atoms with Crippen LogP contribution < -0.4 is 10.6 Å². The van der Waals surface area contributed by atoms with Crippen LogP contribution in [0.15, 0.2) is 18.3 Å². The molecule has 0 bridgehead atoms. The second kappa shape index (κ2) is 6.16. The third kappa shape index (κ3) is 3.00. The Bertz CT molecular complexity index is 381. The van der Waals surface area contributed by atoms with E-state index in [0.29, 0.717) is 0 Å². The van der Waals surface area contributed by atoms with Gasteiger partial charge in [-0.25, -0.2) is 4.98 Å². The molecule has 1 saturated heterocycles. The number of aliphatic hydroxyl groups excluding tert-OH is 1. The smallest absolute Gasteiger partial charge is 0.129 e. The zero-order valence-electron chi connectivity index (χ0n) is 11.0. The molecule has 1 fully saturated rings. The molecule has 1 aromatic heterocycles. The number of aliphatic hydroxyl groups is 1. The first-order valence-corrected chi connectivity index (χ1v) is 6.81. The van der Waals surface area contributed by atoms with Gasteiger partial charge in [-0.3, -0.25) is 0 Å². The van der Waals surface area contributed by atoms with Crippen molar-refractivity contribution >= 4 is 5.82 Å². The van der Waals surface area contributed by atoms with Crippen LogP contribution in [0, 0.1) is 0 Å². The zero-order chi connectivity index (χ0) is 13.0. The summed E-state index contributed by atoms with van der Waals surface area (Å²) in [7, 11) is 0. The summed E-state index contributed by atoms with van der Waals surface area (Å²) in [5, 5.41) is 9.53. The Kier molecular flexibility index (Phi) is 4.55. The van der Waals surface area contributed by atoms with E-state index in [-0.39, 0.29) is 18.7 Å². The first-order valence-electron chi connectivity index (χ1n) is 6.81. The summed E-state index contributed by atoms with van der Waals surface area (Å²) in [5.41, 5.74) is 7.01. The molecular formula is C14H23N3O. The number of nitrogens with two attached hydrogens (primary N) is 1. The minimum Gasteiger partial charge on any atom is -0.394 e. The number of hydrogen-bond acceptors (Lipinski definition) is 4. The molecule has 1 aliphatic heterocycles. The Morgan fingerprint density at radius 2 is 2.33 bits per heavy atom. The van der Waals surface area contributed by atoms with Crippen LogP contribution in [0.1, 0.15) is 44.2 Å². The molecule has 2 heterocycles. The van der Waals surface area contributed by atoms with Crippen LogP contribution in [-0.2, 0) is 0 Å². The Morgan fingerprint density at radius 1 is 1.50 bits per heavy atom. The van der Waals surface area contributed by atoms with Crippen molar-refractivity contribution in [2.75, 3.05) is 18.1 Å². The Labute approximate surface area is 109 Å². The van der Waals surface area contributed by atoms with Crippen LogP contribution in [0.4, 0.5) is 5.82 Å². The Balaban J connectivity index is 2.24. The highest BCUT2D eigenvalue weighted by atomic mass is 16.3. The number of aromatic nitrogens is 1. The quantitative estimate of drug-likeness (QED) is 0.858. The summed E-state index contributed by atoms with van der Waals surface area (Å²) < 4.78 is 0. The minimum atomic E-state index is 0.0197. The van der Waals surface area contributed by atoms with Crippen LogP contribution in [0.2, 0.25) is 0 Å². The zero-order valence-corrected chi connectivity index (χ0v) is 11.0. The molecule has 4 heteroatoms. The predicted octanol–water partition coefficient (Wildman–Crippen LogP) is 1.84. The topological polar surface area (TPSA) is 62.4 Å². The van der Waals surface area contributed by atoms with Gasteiger partial charge in [0, 0.05) is 18.8 Å². The van der Waals surface area contributed by atoms with Gasteiger partial charge in [-0.05, 0) is 37.5 Å². The van der Waals surface area contributed by atoms with E-state index in [1.165, 1.54) is 19.3 Å². The second-order valence-corrected chi connectivity index (χ2v) is 5.12. The maximum Gasteiger partial charge on any atom is 0.129 e. The lowest BCUT2D eigenvalue weighted by Gasteiger charge is -2.30. The maximum absolute atomic E-state index is 9.53. The maximum atomic E-state index is 9.53. The van der Waals surface area contributed by atoms with Crippen molar-refractivity contribution in [1.29, 1.82) is 0 Å². The molecular weight excluding hydrogens is 226 g/mol. The van der Waals surface area contributed by atoms with E-state index >= 15 is 0 Å². The number of hydrogen-bond donors (Lipinski definition) is 2. The standard InChI is InChI=1S/C14H23N3O/c1-11(15)12-6-7-16-14(9-12)17-8-4-2-3-5-13(17)10-18/h6-7,9,11,13,18H,2-5,8,10,15H2,1H3. The van der Waals surface area contributed by atoms with E-state index in [9.17, 15) is 5.11 Å². The summed E-state index contributed by atoms with van der Waals surface area (Å²) in [6.45, 7) is 3.15. The van der Waals surface area contributed by atoms with Crippen molar-refractivity contribution in [2.45, 2.75) is 44.7 Å². The van der Waals surface area contributed by atoms with E-state index < -0.39 is 0 Å². The van der Waals surface area contributed by atoms with E-state index in [2.05, 4.69) is 16.0 Å². The van der Waals surface area contributed by atoms with Crippen molar-refractivity contribution in [3.63, 3.8) is 0 Å². The van der Waals surface area contributed by atoms with Gasteiger partial charge in [-0.15, -0.1) is 0 Å². The fraction of sp³-hybridized carbons (Fsp3) is 0.643. The molecule has 100 valence electrons. The molecule has 0 spiro atoms. The highest BCUT2D eigenvalue weighted by Crippen LogP contribution is 2.24. The molecule has 2 atom stereocenters. The summed E-state index contributed by atoms with van der Waals surface area (Å²) in [5.74, 6) is 0.950. The lowest BCUT2D eigenvalue weighted by Crippen LogP contribution is -2.38. The van der Waals surface area contributed by atoms with Gasteiger partial charge >= 0.3 is 0 Å². The van der Waals surface area contributed by atoms with Gasteiger partial charge in [0.15, 0.2) is 0 Å². The fourth-order valence-electron chi connectivity index (χ4n) is 2.54. The summed E-state index contributed by atoms with van der Waals surface area (Å²) in [6.07, 6.45) is 6.45. The first kappa shape index (κ1) is 13.3. The van der Waals surface area contributed by atoms with Gasteiger partial charge in [0.25, 0.3) is 0 Å². The predicted molar refractivity (Wildman–Crippen MR) is 73.5 cm³/mol. The summed E-state index contributed by atoms with van der Waals surface area (Å²) in [4.78, 5) is 6.68. The van der Waals surface area contributed by atoms with Gasteiger partial charge in [0.05, 0.1) is 12.6 Å². The van der Waals surface area contributed by atoms with E-state index in [0.717, 1.165) is 24.3 Å². The van der Waals surface area contributed by atoms with Gasteiger partial charge in [0.2, 0.25) is 0 Å². The van der Waals surface area contributed by atoms with Gasteiger partial charge in [-0.1, -0.05) is 12.8 Å². The SMILES string of the molecule is CC(N)c1ccnc(N2CCCCCC2CO)c1. The molecule has 0 saturated carbocycles. The molecule has 3 N–H and O–H groups in total. The summed E-state index contributed by atoms with van der Waals surface area (Å²) in [6, 6.07) is 4.23. The highest BCUT2D eigenvalue weighted by molar-refractivity contribution is 5.43. The van der Waals surface area contributed by atoms with Gasteiger partial charge in [0.1, 0.15) is 5.82 Å². The lowest BCUT2D eigenvalue weighted by molar-refractivity contribution is 0.254. The lowest BCUT2D eigenvalue weighted by atomic mass is 10.1. The molecule has 4 nitrogen and oxygen atoms in total. The molecule has 1 aliphatic rings. The van der Waals surface area contributed by atoms with Gasteiger partial charge < -0.3 is 15.7 Å². The summed E-state index contributed by atoms with van der Waals surface area (Å²) >= 11 is 0. The van der Waals surface area contributed by atoms with Crippen molar-refractivity contribution in [1.82, 2.24) is 4.98 Å². The number of rotatable bonds is 3. The number of nitrogens with zero attached hydrogens (tertiary/aromatic N) is 2. The molecule has 2 unspecified atom stereocenters. The van der Waals surface area contributed by atoms with Gasteiger partial charge in [-0.2, -0.15) is 0 Å². The Hall–Kier alpha value is -1.13. The van der Waals surface area contributed by atoms with Crippen molar-refractivity contribution in [2.24, 2.45) is 5.73 Å². The van der Waals surface area contributed by atoms with Crippen molar-refractivity contribution in [3.05, 3.63) is 23.9 Å². The van der Waals surface area contributed by atoms with E-state index in [1.807, 2.05) is 19.2 Å². The van der Waals surface area contributed by atoms with Crippen LogP contribution in [0.5, 0.6) is 0 Å². The van der Waals surface area contributed by atoms with Crippen molar-refractivity contribution in [3.8, 4) is 0 Å². The largest absolute Gasteiger partial charge is 0.394 e. The molecule has 0 radical (unpaired) electrons. The van der Waals surface area contributed by atoms with E-state index in [1.54, 1.807) is 0 Å². The van der Waals surface area contributed by atoms with Crippen molar-refractivity contribution < 1.29 is 5.11 Å². The molecule has 0 aliphatic carbocycles. The molecule has 0 aromatic carbocycles. The number of anilines is 1. The molecule has 2 rings (SSSR count). The first-order chi connectivity index (χ1) is 8.72. The Morgan fingerprint density at radius 3 is 3.06 bits per heavy atom.